The zero-order valence-electron chi connectivity index (χ0n) is 22.6. The fourth-order valence-corrected chi connectivity index (χ4v) is 6.47. The second-order valence-electron chi connectivity index (χ2n) is 11.8. The number of likely N-dealkylation sites (N-methyl/N-ethyl adjacent to an activating group) is 1. The standard InChI is InChI=1S/C27H35N3O9/c1-9-10-7-8-11(29-26(38)39-27(2,3)4)19(31)13(10)21(33)15-12(9)20(32)14-16(22(15)34)23(35)17(25(28)37)24(36)18(14)30(5)6/h7-9,12,14,16-18,20,24,31-33,36H,1-6H3,(H2,28,37)(H,29,38)/t9-,12?,14?,16?,17?,18?,20-,24?/m0/s1. The maximum Gasteiger partial charge on any atom is 0.412 e. The predicted octanol–water partition coefficient (Wildman–Crippen LogP) is 0.893. The lowest BCUT2D eigenvalue weighted by molar-refractivity contribution is -0.166. The van der Waals surface area contributed by atoms with Crippen LogP contribution in [0.5, 0.6) is 5.75 Å². The molecule has 7 N–H and O–H groups in total. The van der Waals surface area contributed by atoms with Crippen molar-refractivity contribution in [3.63, 3.8) is 0 Å². The Morgan fingerprint density at radius 2 is 1.69 bits per heavy atom. The van der Waals surface area contributed by atoms with E-state index in [-0.39, 0.29) is 16.8 Å². The fraction of sp³-hybridized carbons (Fsp3) is 0.556. The van der Waals surface area contributed by atoms with E-state index in [2.05, 4.69) is 5.32 Å². The molecular weight excluding hydrogens is 510 g/mol. The van der Waals surface area contributed by atoms with Crippen molar-refractivity contribution >= 4 is 35.0 Å². The Balaban J connectivity index is 1.85. The summed E-state index contributed by atoms with van der Waals surface area (Å²) in [5.41, 5.74) is 4.54. The highest BCUT2D eigenvalue weighted by molar-refractivity contribution is 6.19. The lowest BCUT2D eigenvalue weighted by atomic mass is 9.54. The lowest BCUT2D eigenvalue weighted by Crippen LogP contribution is -2.68. The number of amides is 2. The van der Waals surface area contributed by atoms with Gasteiger partial charge < -0.3 is 35.8 Å². The summed E-state index contributed by atoms with van der Waals surface area (Å²) in [6.45, 7) is 6.70. The van der Waals surface area contributed by atoms with Crippen LogP contribution in [0.4, 0.5) is 10.5 Å². The van der Waals surface area contributed by atoms with Crippen LogP contribution in [0.25, 0.3) is 5.76 Å². The van der Waals surface area contributed by atoms with Gasteiger partial charge in [0, 0.05) is 23.5 Å². The topological polar surface area (TPSA) is 200 Å². The number of nitrogens with zero attached hydrogens (tertiary/aromatic N) is 1. The van der Waals surface area contributed by atoms with Crippen molar-refractivity contribution in [3.8, 4) is 5.75 Å². The van der Waals surface area contributed by atoms with Gasteiger partial charge in [-0.1, -0.05) is 13.0 Å². The highest BCUT2D eigenvalue weighted by Gasteiger charge is 2.63. The summed E-state index contributed by atoms with van der Waals surface area (Å²) >= 11 is 0. The zero-order chi connectivity index (χ0) is 29.3. The number of nitrogens with two attached hydrogens (primary N) is 1. The number of phenolic OH excluding ortho intramolecular Hbond substituents is 1. The van der Waals surface area contributed by atoms with Crippen LogP contribution < -0.4 is 11.1 Å². The van der Waals surface area contributed by atoms with Crippen LogP contribution in [-0.2, 0) is 19.1 Å². The van der Waals surface area contributed by atoms with Crippen LogP contribution in [0.1, 0.15) is 44.7 Å². The summed E-state index contributed by atoms with van der Waals surface area (Å²) in [7, 11) is 3.19. The largest absolute Gasteiger partial charge is 0.507 e. The summed E-state index contributed by atoms with van der Waals surface area (Å²) in [5.74, 6) is -9.94. The van der Waals surface area contributed by atoms with Gasteiger partial charge in [-0.3, -0.25) is 19.7 Å². The van der Waals surface area contributed by atoms with E-state index in [1.165, 1.54) is 11.0 Å². The number of phenols is 1. The van der Waals surface area contributed by atoms with Crippen molar-refractivity contribution in [2.45, 2.75) is 57.5 Å². The number of benzene rings is 1. The van der Waals surface area contributed by atoms with Crippen molar-refractivity contribution < 1.29 is 44.3 Å². The van der Waals surface area contributed by atoms with E-state index in [0.29, 0.717) is 5.56 Å². The highest BCUT2D eigenvalue weighted by atomic mass is 16.6. The molecule has 2 saturated carbocycles. The first-order chi connectivity index (χ1) is 18.0. The number of aliphatic hydroxyl groups excluding tert-OH is 3. The molecule has 3 aliphatic rings. The number of hydrogen-bond donors (Lipinski definition) is 6. The van der Waals surface area contributed by atoms with Crippen LogP contribution in [0, 0.1) is 23.7 Å². The van der Waals surface area contributed by atoms with Gasteiger partial charge in [-0.05, 0) is 52.4 Å². The molecular formula is C27H35N3O9. The SMILES string of the molecule is C[C@H]1c2ccc(NC(=O)OC(C)(C)C)c(O)c2C(O)=C2C(=O)C3C(=O)C(C(N)=O)C(O)C(N(C)C)C3[C@@H](O)C21. The highest BCUT2D eigenvalue weighted by Crippen LogP contribution is 2.55. The number of carbonyl (C=O) groups is 4. The van der Waals surface area contributed by atoms with Gasteiger partial charge in [0.2, 0.25) is 5.91 Å². The zero-order valence-corrected chi connectivity index (χ0v) is 22.6. The molecule has 1 aromatic rings. The van der Waals surface area contributed by atoms with E-state index >= 15 is 0 Å². The molecule has 6 unspecified atom stereocenters. The second kappa shape index (κ2) is 9.61. The molecule has 0 heterocycles. The molecule has 0 aliphatic heterocycles. The minimum absolute atomic E-state index is 0.0826. The Hall–Kier alpha value is -3.48. The molecule has 0 spiro atoms. The maximum atomic E-state index is 13.9. The Bertz CT molecular complexity index is 1280. The lowest BCUT2D eigenvalue weighted by Gasteiger charge is -2.53. The summed E-state index contributed by atoms with van der Waals surface area (Å²) < 4.78 is 5.22. The number of carbonyl (C=O) groups excluding carboxylic acids is 4. The average molecular weight is 546 g/mol. The third-order valence-electron chi connectivity index (χ3n) is 8.00. The quantitative estimate of drug-likeness (QED) is 0.234. The number of fused-ring (bicyclic) bond motifs is 3. The van der Waals surface area contributed by atoms with Crippen molar-refractivity contribution in [2.75, 3.05) is 19.4 Å². The normalized spacial score (nSPS) is 32.3. The third-order valence-corrected chi connectivity index (χ3v) is 8.00. The number of nitrogens with one attached hydrogen (secondary N) is 1. The number of hydrogen-bond acceptors (Lipinski definition) is 10. The van der Waals surface area contributed by atoms with Crippen molar-refractivity contribution in [1.29, 1.82) is 0 Å². The average Bonchev–Trinajstić information content (AvgIpc) is 2.78. The van der Waals surface area contributed by atoms with Gasteiger partial charge in [0.25, 0.3) is 0 Å². The molecule has 2 amide bonds. The number of primary amides is 1. The number of aliphatic hydroxyl groups is 3. The molecule has 2 fully saturated rings. The van der Waals surface area contributed by atoms with Crippen LogP contribution >= 0.6 is 0 Å². The molecule has 1 aromatic carbocycles. The van der Waals surface area contributed by atoms with Gasteiger partial charge in [-0.15, -0.1) is 0 Å². The van der Waals surface area contributed by atoms with Gasteiger partial charge in [-0.2, -0.15) is 0 Å². The number of rotatable bonds is 3. The van der Waals surface area contributed by atoms with E-state index < -0.39 is 88.5 Å². The van der Waals surface area contributed by atoms with Crippen LogP contribution in [0.15, 0.2) is 17.7 Å². The second-order valence-corrected chi connectivity index (χ2v) is 11.8. The molecule has 12 heteroatoms. The van der Waals surface area contributed by atoms with E-state index in [0.717, 1.165) is 0 Å². The first-order valence-corrected chi connectivity index (χ1v) is 12.7. The molecule has 8 atom stereocenters. The molecule has 39 heavy (non-hydrogen) atoms. The first kappa shape index (κ1) is 28.5. The van der Waals surface area contributed by atoms with Gasteiger partial charge in [0.1, 0.15) is 23.0 Å². The molecule has 4 rings (SSSR count). The number of ketones is 2. The van der Waals surface area contributed by atoms with E-state index in [1.54, 1.807) is 47.9 Å². The molecule has 0 bridgehead atoms. The van der Waals surface area contributed by atoms with Gasteiger partial charge in [-0.25, -0.2) is 4.79 Å². The van der Waals surface area contributed by atoms with Crippen LogP contribution in [-0.4, -0.2) is 86.8 Å². The molecule has 3 aliphatic carbocycles. The van der Waals surface area contributed by atoms with Gasteiger partial charge >= 0.3 is 6.09 Å². The van der Waals surface area contributed by atoms with Gasteiger partial charge in [0.15, 0.2) is 11.6 Å². The Labute approximate surface area is 225 Å². The molecule has 12 nitrogen and oxygen atoms in total. The summed E-state index contributed by atoms with van der Waals surface area (Å²) in [6, 6.07) is 2.01. The van der Waals surface area contributed by atoms with Crippen LogP contribution in [0.3, 0.4) is 0 Å². The first-order valence-electron chi connectivity index (χ1n) is 12.7. The number of anilines is 1. The monoisotopic (exact) mass is 545 g/mol. The van der Waals surface area contributed by atoms with Crippen molar-refractivity contribution in [3.05, 3.63) is 28.8 Å². The minimum Gasteiger partial charge on any atom is -0.507 e. The van der Waals surface area contributed by atoms with E-state index in [4.69, 9.17) is 10.5 Å². The Kier molecular flexibility index (Phi) is 7.03. The summed E-state index contributed by atoms with van der Waals surface area (Å²) in [6.07, 6.45) is -3.78. The van der Waals surface area contributed by atoms with Crippen LogP contribution in [0.2, 0.25) is 0 Å². The fourth-order valence-electron chi connectivity index (χ4n) is 6.47. The van der Waals surface area contributed by atoms with E-state index in [1.807, 2.05) is 0 Å². The molecule has 212 valence electrons. The molecule has 0 saturated heterocycles. The maximum absolute atomic E-state index is 13.9. The van der Waals surface area contributed by atoms with E-state index in [9.17, 15) is 39.6 Å². The number of ether oxygens (including phenoxy) is 1. The summed E-state index contributed by atoms with van der Waals surface area (Å²) in [4.78, 5) is 53.3. The Morgan fingerprint density at radius 1 is 1.08 bits per heavy atom. The third kappa shape index (κ3) is 4.46. The smallest absolute Gasteiger partial charge is 0.412 e. The Morgan fingerprint density at radius 3 is 2.23 bits per heavy atom. The van der Waals surface area contributed by atoms with Crippen molar-refractivity contribution in [2.24, 2.45) is 29.4 Å². The number of aromatic hydroxyl groups is 1. The van der Waals surface area contributed by atoms with Crippen molar-refractivity contribution in [1.82, 2.24) is 4.90 Å². The number of Topliss-reactive ketones (excluding diaryl/α,β-unsaturated/α-hetero) is 2. The predicted molar refractivity (Wildman–Crippen MR) is 139 cm³/mol. The summed E-state index contributed by atoms with van der Waals surface area (Å²) in [5, 5.41) is 47.4. The van der Waals surface area contributed by atoms with Gasteiger partial charge in [0.05, 0.1) is 29.4 Å². The molecule has 0 aromatic heterocycles. The molecule has 0 radical (unpaired) electrons. The minimum atomic E-state index is -1.68.